The van der Waals surface area contributed by atoms with Crippen LogP contribution < -0.4 is 16.0 Å². The Kier molecular flexibility index (Phi) is 5.33. The highest BCUT2D eigenvalue weighted by Gasteiger charge is 2.17. The van der Waals surface area contributed by atoms with E-state index in [9.17, 15) is 4.39 Å². The van der Waals surface area contributed by atoms with Crippen molar-refractivity contribution in [3.05, 3.63) is 63.4 Å². The Hall–Kier alpha value is -1.43. The summed E-state index contributed by atoms with van der Waals surface area (Å²) in [6, 6.07) is 10.4. The zero-order valence-electron chi connectivity index (χ0n) is 12.0. The van der Waals surface area contributed by atoms with Crippen LogP contribution in [0.3, 0.4) is 0 Å². The maximum Gasteiger partial charge on any atom is 0.124 e. The molecule has 0 heterocycles. The molecule has 0 fully saturated rings. The van der Waals surface area contributed by atoms with E-state index >= 15 is 0 Å². The van der Waals surface area contributed by atoms with Crippen LogP contribution in [0.5, 0.6) is 5.75 Å². The molecule has 0 aliphatic heterocycles. The molecule has 0 aromatic heterocycles. The highest BCUT2D eigenvalue weighted by molar-refractivity contribution is 9.10. The van der Waals surface area contributed by atoms with E-state index < -0.39 is 0 Å². The molecule has 3 nitrogen and oxygen atoms in total. The SMILES string of the molecule is COc1cc(Br)ccc1C(Cc1cc(F)ccc1C)NN. The molecule has 5 heteroatoms. The number of nitrogens with one attached hydrogen (secondary N) is 1. The lowest BCUT2D eigenvalue weighted by Gasteiger charge is -2.20. The Morgan fingerprint density at radius 3 is 2.71 bits per heavy atom. The molecule has 112 valence electrons. The van der Waals surface area contributed by atoms with Gasteiger partial charge in [-0.25, -0.2) is 4.39 Å². The van der Waals surface area contributed by atoms with Crippen LogP contribution in [-0.4, -0.2) is 7.11 Å². The molecule has 0 saturated heterocycles. The maximum absolute atomic E-state index is 13.4. The van der Waals surface area contributed by atoms with E-state index in [4.69, 9.17) is 10.6 Å². The van der Waals surface area contributed by atoms with E-state index in [1.807, 2.05) is 25.1 Å². The molecule has 2 aromatic rings. The Morgan fingerprint density at radius 2 is 2.05 bits per heavy atom. The summed E-state index contributed by atoms with van der Waals surface area (Å²) in [6.07, 6.45) is 0.581. The molecule has 1 atom stereocenters. The van der Waals surface area contributed by atoms with Crippen molar-refractivity contribution in [2.75, 3.05) is 7.11 Å². The van der Waals surface area contributed by atoms with Gasteiger partial charge >= 0.3 is 0 Å². The fourth-order valence-electron chi connectivity index (χ4n) is 2.31. The van der Waals surface area contributed by atoms with Gasteiger partial charge in [0.2, 0.25) is 0 Å². The van der Waals surface area contributed by atoms with Crippen molar-refractivity contribution in [2.45, 2.75) is 19.4 Å². The summed E-state index contributed by atoms with van der Waals surface area (Å²) in [5, 5.41) is 0. The largest absolute Gasteiger partial charge is 0.496 e. The molecule has 0 aliphatic carbocycles. The number of aryl methyl sites for hydroxylation is 1. The summed E-state index contributed by atoms with van der Waals surface area (Å²) < 4.78 is 19.8. The van der Waals surface area contributed by atoms with E-state index in [0.29, 0.717) is 6.42 Å². The predicted octanol–water partition coefficient (Wildman–Crippen LogP) is 3.65. The van der Waals surface area contributed by atoms with Crippen molar-refractivity contribution >= 4 is 15.9 Å². The Labute approximate surface area is 132 Å². The molecule has 1 unspecified atom stereocenters. The number of hydrogen-bond donors (Lipinski definition) is 2. The predicted molar refractivity (Wildman–Crippen MR) is 85.6 cm³/mol. The van der Waals surface area contributed by atoms with Crippen molar-refractivity contribution in [3.8, 4) is 5.75 Å². The van der Waals surface area contributed by atoms with Crippen LogP contribution in [0.4, 0.5) is 4.39 Å². The van der Waals surface area contributed by atoms with Crippen molar-refractivity contribution in [1.82, 2.24) is 5.43 Å². The van der Waals surface area contributed by atoms with Crippen LogP contribution in [0.25, 0.3) is 0 Å². The van der Waals surface area contributed by atoms with Gasteiger partial charge in [0.1, 0.15) is 11.6 Å². The first-order chi connectivity index (χ1) is 10.0. The minimum atomic E-state index is -0.242. The van der Waals surface area contributed by atoms with E-state index in [-0.39, 0.29) is 11.9 Å². The molecule has 2 aromatic carbocycles. The zero-order valence-corrected chi connectivity index (χ0v) is 13.6. The number of rotatable bonds is 5. The van der Waals surface area contributed by atoms with Crippen molar-refractivity contribution in [1.29, 1.82) is 0 Å². The van der Waals surface area contributed by atoms with Crippen LogP contribution in [0.1, 0.15) is 22.7 Å². The third-order valence-electron chi connectivity index (χ3n) is 3.51. The van der Waals surface area contributed by atoms with Crippen LogP contribution >= 0.6 is 15.9 Å². The summed E-state index contributed by atoms with van der Waals surface area (Å²) in [5.74, 6) is 6.19. The average Bonchev–Trinajstić information content (AvgIpc) is 2.48. The minimum absolute atomic E-state index is 0.159. The van der Waals surface area contributed by atoms with E-state index in [0.717, 1.165) is 26.9 Å². The molecular formula is C16H18BrFN2O. The molecule has 0 aliphatic rings. The number of hydrogen-bond acceptors (Lipinski definition) is 3. The topological polar surface area (TPSA) is 47.3 Å². The van der Waals surface area contributed by atoms with Gasteiger partial charge in [0, 0.05) is 10.0 Å². The smallest absolute Gasteiger partial charge is 0.124 e. The maximum atomic E-state index is 13.4. The summed E-state index contributed by atoms with van der Waals surface area (Å²) in [4.78, 5) is 0. The lowest BCUT2D eigenvalue weighted by molar-refractivity contribution is 0.398. The van der Waals surface area contributed by atoms with E-state index in [1.54, 1.807) is 19.2 Å². The summed E-state index contributed by atoms with van der Waals surface area (Å²) >= 11 is 3.41. The first kappa shape index (κ1) is 15.9. The second kappa shape index (κ2) is 7.02. The first-order valence-electron chi connectivity index (χ1n) is 6.59. The highest BCUT2D eigenvalue weighted by Crippen LogP contribution is 2.30. The summed E-state index contributed by atoms with van der Waals surface area (Å²) in [6.45, 7) is 1.96. The van der Waals surface area contributed by atoms with Crippen LogP contribution in [-0.2, 0) is 6.42 Å². The van der Waals surface area contributed by atoms with Gasteiger partial charge in [-0.3, -0.25) is 11.3 Å². The molecule has 21 heavy (non-hydrogen) atoms. The number of hydrazine groups is 1. The third kappa shape index (κ3) is 3.81. The highest BCUT2D eigenvalue weighted by atomic mass is 79.9. The Bertz CT molecular complexity index is 634. The molecule has 0 radical (unpaired) electrons. The monoisotopic (exact) mass is 352 g/mol. The summed E-state index contributed by atoms with van der Waals surface area (Å²) in [7, 11) is 1.62. The van der Waals surface area contributed by atoms with Gasteiger partial charge in [-0.15, -0.1) is 0 Å². The second-order valence-electron chi connectivity index (χ2n) is 4.88. The number of ether oxygens (including phenoxy) is 1. The zero-order chi connectivity index (χ0) is 15.4. The molecule has 2 rings (SSSR count). The van der Waals surface area contributed by atoms with Gasteiger partial charge in [0.05, 0.1) is 13.2 Å². The second-order valence-corrected chi connectivity index (χ2v) is 5.80. The standard InChI is InChI=1S/C16H18BrFN2O/c1-10-3-5-13(18)7-11(10)8-15(20-19)14-6-4-12(17)9-16(14)21-2/h3-7,9,15,20H,8,19H2,1-2H3. The molecule has 0 saturated carbocycles. The fourth-order valence-corrected chi connectivity index (χ4v) is 2.65. The number of methoxy groups -OCH3 is 1. The molecule has 0 amide bonds. The molecule has 3 N–H and O–H groups in total. The van der Waals surface area contributed by atoms with Crippen molar-refractivity contribution in [3.63, 3.8) is 0 Å². The first-order valence-corrected chi connectivity index (χ1v) is 7.39. The number of benzene rings is 2. The van der Waals surface area contributed by atoms with Gasteiger partial charge in [0.15, 0.2) is 0 Å². The lowest BCUT2D eigenvalue weighted by Crippen LogP contribution is -2.30. The van der Waals surface area contributed by atoms with Crippen molar-refractivity contribution in [2.24, 2.45) is 5.84 Å². The normalized spacial score (nSPS) is 12.2. The molecule has 0 bridgehead atoms. The Balaban J connectivity index is 2.34. The molecular weight excluding hydrogens is 335 g/mol. The Morgan fingerprint density at radius 1 is 1.29 bits per heavy atom. The number of halogens is 2. The van der Waals surface area contributed by atoms with E-state index in [1.165, 1.54) is 6.07 Å². The molecule has 0 spiro atoms. The quantitative estimate of drug-likeness (QED) is 0.637. The van der Waals surface area contributed by atoms with Crippen LogP contribution in [0.2, 0.25) is 0 Å². The number of nitrogens with two attached hydrogens (primary N) is 1. The van der Waals surface area contributed by atoms with Gasteiger partial charge in [0.25, 0.3) is 0 Å². The van der Waals surface area contributed by atoms with Gasteiger partial charge in [-0.1, -0.05) is 28.1 Å². The van der Waals surface area contributed by atoms with E-state index in [2.05, 4.69) is 21.4 Å². The summed E-state index contributed by atoms with van der Waals surface area (Å²) in [5.41, 5.74) is 5.68. The van der Waals surface area contributed by atoms with Gasteiger partial charge < -0.3 is 4.74 Å². The van der Waals surface area contributed by atoms with Crippen LogP contribution in [0.15, 0.2) is 40.9 Å². The fraction of sp³-hybridized carbons (Fsp3) is 0.250. The van der Waals surface area contributed by atoms with Crippen LogP contribution in [0, 0.1) is 12.7 Å². The van der Waals surface area contributed by atoms with Crippen molar-refractivity contribution < 1.29 is 9.13 Å². The average molecular weight is 353 g/mol. The van der Waals surface area contributed by atoms with Gasteiger partial charge in [-0.05, 0) is 48.7 Å². The third-order valence-corrected chi connectivity index (χ3v) is 4.00. The van der Waals surface area contributed by atoms with Gasteiger partial charge in [-0.2, -0.15) is 0 Å². The lowest BCUT2D eigenvalue weighted by atomic mass is 9.96. The minimum Gasteiger partial charge on any atom is -0.496 e.